The molecule has 0 atom stereocenters. The zero-order valence-electron chi connectivity index (χ0n) is 10.8. The smallest absolute Gasteiger partial charge is 0.248 e. The summed E-state index contributed by atoms with van der Waals surface area (Å²) in [5, 5.41) is 8.48. The Balaban J connectivity index is 1.80. The summed E-state index contributed by atoms with van der Waals surface area (Å²) in [5.41, 5.74) is 1.51. The summed E-state index contributed by atoms with van der Waals surface area (Å²) >= 11 is 5.82. The van der Waals surface area contributed by atoms with Crippen molar-refractivity contribution >= 4 is 23.8 Å². The lowest BCUT2D eigenvalue weighted by atomic mass is 10.2. The zero-order valence-corrected chi connectivity index (χ0v) is 11.6. The molecule has 0 aliphatic carbocycles. The van der Waals surface area contributed by atoms with Crippen molar-refractivity contribution in [2.75, 3.05) is 0 Å². The van der Waals surface area contributed by atoms with Gasteiger partial charge in [-0.1, -0.05) is 29.8 Å². The van der Waals surface area contributed by atoms with Gasteiger partial charge in [0.15, 0.2) is 0 Å². The normalized spacial score (nSPS) is 11.1. The average Bonchev–Trinajstić information content (AvgIpc) is 2.96. The zero-order chi connectivity index (χ0) is 14.7. The van der Waals surface area contributed by atoms with Gasteiger partial charge in [0.2, 0.25) is 11.8 Å². The molecule has 3 rings (SSSR count). The lowest BCUT2D eigenvalue weighted by molar-refractivity contribution is 0.556. The van der Waals surface area contributed by atoms with E-state index < -0.39 is 0 Å². The predicted molar refractivity (Wildman–Crippen MR) is 80.1 cm³/mol. The Bertz CT molecular complexity index is 781. The van der Waals surface area contributed by atoms with Crippen molar-refractivity contribution in [2.24, 2.45) is 0 Å². The molecule has 0 amide bonds. The van der Waals surface area contributed by atoms with Gasteiger partial charge in [-0.25, -0.2) is 4.39 Å². The largest absolute Gasteiger partial charge is 0.417 e. The molecule has 0 saturated carbocycles. The summed E-state index contributed by atoms with van der Waals surface area (Å²) in [7, 11) is 0. The summed E-state index contributed by atoms with van der Waals surface area (Å²) < 4.78 is 18.6. The molecule has 0 N–H and O–H groups in total. The van der Waals surface area contributed by atoms with Gasteiger partial charge in [-0.15, -0.1) is 10.2 Å². The van der Waals surface area contributed by atoms with E-state index in [4.69, 9.17) is 16.0 Å². The molecule has 104 valence electrons. The van der Waals surface area contributed by atoms with Crippen LogP contribution in [0.2, 0.25) is 5.02 Å². The summed E-state index contributed by atoms with van der Waals surface area (Å²) in [5.74, 6) is 0.290. The molecule has 0 bridgehead atoms. The number of rotatable bonds is 3. The SMILES string of the molecule is Fc1cccc(-c2nnc(/C=C/c3ccc(Cl)cc3)o2)c1. The van der Waals surface area contributed by atoms with Gasteiger partial charge in [0.1, 0.15) is 5.82 Å². The lowest BCUT2D eigenvalue weighted by Gasteiger charge is -1.93. The first-order valence-corrected chi connectivity index (χ1v) is 6.61. The molecule has 21 heavy (non-hydrogen) atoms. The number of halogens is 2. The van der Waals surface area contributed by atoms with E-state index in [0.29, 0.717) is 16.5 Å². The molecule has 0 aliphatic rings. The number of aromatic nitrogens is 2. The molecule has 1 heterocycles. The van der Waals surface area contributed by atoms with Crippen LogP contribution in [0.1, 0.15) is 11.5 Å². The number of benzene rings is 2. The van der Waals surface area contributed by atoms with Crippen molar-refractivity contribution in [2.45, 2.75) is 0 Å². The molecule has 0 unspecified atom stereocenters. The summed E-state index contributed by atoms with van der Waals surface area (Å²) in [6, 6.07) is 13.4. The fourth-order valence-electron chi connectivity index (χ4n) is 1.78. The molecule has 0 fully saturated rings. The first-order valence-electron chi connectivity index (χ1n) is 6.24. The Morgan fingerprint density at radius 3 is 2.57 bits per heavy atom. The number of hydrogen-bond acceptors (Lipinski definition) is 3. The minimum atomic E-state index is -0.344. The third-order valence-electron chi connectivity index (χ3n) is 2.80. The minimum Gasteiger partial charge on any atom is -0.417 e. The Hall–Kier alpha value is -2.46. The summed E-state index contributed by atoms with van der Waals surface area (Å²) in [6.45, 7) is 0. The molecule has 3 nitrogen and oxygen atoms in total. The topological polar surface area (TPSA) is 38.9 Å². The Morgan fingerprint density at radius 2 is 1.81 bits per heavy atom. The van der Waals surface area contributed by atoms with Gasteiger partial charge in [0.05, 0.1) is 0 Å². The molecule has 3 aromatic rings. The highest BCUT2D eigenvalue weighted by Gasteiger charge is 2.07. The molecule has 2 aromatic carbocycles. The second-order valence-corrected chi connectivity index (χ2v) is 4.78. The molecule has 5 heteroatoms. The van der Waals surface area contributed by atoms with Crippen molar-refractivity contribution in [1.29, 1.82) is 0 Å². The van der Waals surface area contributed by atoms with E-state index in [1.54, 1.807) is 30.3 Å². The van der Waals surface area contributed by atoms with Crippen LogP contribution in [0.5, 0.6) is 0 Å². The highest BCUT2D eigenvalue weighted by molar-refractivity contribution is 6.30. The molecule has 0 spiro atoms. The quantitative estimate of drug-likeness (QED) is 0.704. The van der Waals surface area contributed by atoms with E-state index >= 15 is 0 Å². The Labute approximate surface area is 125 Å². The molecule has 1 aromatic heterocycles. The van der Waals surface area contributed by atoms with E-state index in [1.807, 2.05) is 18.2 Å². The van der Waals surface area contributed by atoms with Gasteiger partial charge < -0.3 is 4.42 Å². The maximum Gasteiger partial charge on any atom is 0.248 e. The highest BCUT2D eigenvalue weighted by Crippen LogP contribution is 2.19. The molecular weight excluding hydrogens is 291 g/mol. The Morgan fingerprint density at radius 1 is 1.00 bits per heavy atom. The molecule has 0 saturated heterocycles. The van der Waals surface area contributed by atoms with Gasteiger partial charge in [-0.2, -0.15) is 0 Å². The van der Waals surface area contributed by atoms with E-state index in [0.717, 1.165) is 5.56 Å². The van der Waals surface area contributed by atoms with Crippen LogP contribution < -0.4 is 0 Å². The van der Waals surface area contributed by atoms with Gasteiger partial charge in [0.25, 0.3) is 0 Å². The van der Waals surface area contributed by atoms with E-state index in [-0.39, 0.29) is 11.7 Å². The summed E-state index contributed by atoms with van der Waals surface area (Å²) in [4.78, 5) is 0. The maximum atomic E-state index is 13.1. The first kappa shape index (κ1) is 13.5. The van der Waals surface area contributed by atoms with E-state index in [1.165, 1.54) is 12.1 Å². The highest BCUT2D eigenvalue weighted by atomic mass is 35.5. The van der Waals surface area contributed by atoms with Gasteiger partial charge in [0, 0.05) is 16.7 Å². The first-order chi connectivity index (χ1) is 10.2. The predicted octanol–water partition coefficient (Wildman–Crippen LogP) is 4.70. The van der Waals surface area contributed by atoms with Crippen molar-refractivity contribution in [1.82, 2.24) is 10.2 Å². The average molecular weight is 301 g/mol. The van der Waals surface area contributed by atoms with Gasteiger partial charge in [-0.3, -0.25) is 0 Å². The Kier molecular flexibility index (Phi) is 3.79. The maximum absolute atomic E-state index is 13.1. The third kappa shape index (κ3) is 3.35. The van der Waals surface area contributed by atoms with Crippen LogP contribution in [0.3, 0.4) is 0 Å². The van der Waals surface area contributed by atoms with Crippen LogP contribution in [0, 0.1) is 5.82 Å². The lowest BCUT2D eigenvalue weighted by Crippen LogP contribution is -1.79. The number of nitrogens with zero attached hydrogens (tertiary/aromatic N) is 2. The molecule has 0 radical (unpaired) electrons. The minimum absolute atomic E-state index is 0.283. The van der Waals surface area contributed by atoms with Crippen molar-refractivity contribution in [3.8, 4) is 11.5 Å². The monoisotopic (exact) mass is 300 g/mol. The fraction of sp³-hybridized carbons (Fsp3) is 0. The standard InChI is InChI=1S/C16H10ClFN2O/c17-13-7-4-11(5-8-13)6-9-15-19-20-16(21-15)12-2-1-3-14(18)10-12/h1-10H/b9-6+. The second kappa shape index (κ2) is 5.89. The van der Waals surface area contributed by atoms with Crippen molar-refractivity contribution in [3.05, 3.63) is 70.8 Å². The van der Waals surface area contributed by atoms with E-state index in [2.05, 4.69) is 10.2 Å². The third-order valence-corrected chi connectivity index (χ3v) is 3.05. The van der Waals surface area contributed by atoms with Crippen LogP contribution in [-0.4, -0.2) is 10.2 Å². The molecule has 0 aliphatic heterocycles. The summed E-state index contributed by atoms with van der Waals surface area (Å²) in [6.07, 6.45) is 3.53. The van der Waals surface area contributed by atoms with Crippen LogP contribution in [-0.2, 0) is 0 Å². The van der Waals surface area contributed by atoms with Gasteiger partial charge in [-0.05, 0) is 42.0 Å². The van der Waals surface area contributed by atoms with Gasteiger partial charge >= 0.3 is 0 Å². The number of hydrogen-bond donors (Lipinski definition) is 0. The van der Waals surface area contributed by atoms with Crippen LogP contribution in [0.15, 0.2) is 52.9 Å². The van der Waals surface area contributed by atoms with Crippen LogP contribution in [0.25, 0.3) is 23.6 Å². The van der Waals surface area contributed by atoms with Crippen LogP contribution >= 0.6 is 11.6 Å². The van der Waals surface area contributed by atoms with E-state index in [9.17, 15) is 4.39 Å². The van der Waals surface area contributed by atoms with Crippen molar-refractivity contribution in [3.63, 3.8) is 0 Å². The second-order valence-electron chi connectivity index (χ2n) is 4.34. The van der Waals surface area contributed by atoms with Crippen LogP contribution in [0.4, 0.5) is 4.39 Å². The van der Waals surface area contributed by atoms with Crippen molar-refractivity contribution < 1.29 is 8.81 Å². The molecular formula is C16H10ClFN2O. The fourth-order valence-corrected chi connectivity index (χ4v) is 1.91.